The van der Waals surface area contributed by atoms with Crippen LogP contribution in [0.3, 0.4) is 0 Å². The lowest BCUT2D eigenvalue weighted by Crippen LogP contribution is -2.51. The fourth-order valence-corrected chi connectivity index (χ4v) is 4.96. The normalized spacial score (nSPS) is 22.0. The van der Waals surface area contributed by atoms with Gasteiger partial charge in [-0.3, -0.25) is 19.3 Å². The zero-order valence-electron chi connectivity index (χ0n) is 19.0. The molecule has 1 N–H and O–H groups in total. The molecule has 1 aromatic rings. The number of amides is 3. The van der Waals surface area contributed by atoms with Gasteiger partial charge in [-0.05, 0) is 52.0 Å². The number of aryl methyl sites for hydroxylation is 1. The molecule has 1 atom stereocenters. The third kappa shape index (κ3) is 4.52. The minimum Gasteiger partial charge on any atom is -0.469 e. The molecule has 3 amide bonds. The van der Waals surface area contributed by atoms with Crippen molar-refractivity contribution in [3.63, 3.8) is 0 Å². The molecule has 0 unspecified atom stereocenters. The molecular weight excluding hydrogens is 398 g/mol. The van der Waals surface area contributed by atoms with Crippen molar-refractivity contribution >= 4 is 23.7 Å². The molecule has 3 rings (SSSR count). The number of esters is 1. The highest BCUT2D eigenvalue weighted by Crippen LogP contribution is 2.36. The first-order valence-electron chi connectivity index (χ1n) is 11.1. The Morgan fingerprint density at radius 1 is 1.19 bits per heavy atom. The number of nitrogens with one attached hydrogen (secondary N) is 1. The van der Waals surface area contributed by atoms with Gasteiger partial charge in [-0.25, -0.2) is 4.79 Å². The lowest BCUT2D eigenvalue weighted by molar-refractivity contribution is -0.140. The van der Waals surface area contributed by atoms with Crippen LogP contribution in [0, 0.1) is 19.8 Å². The molecule has 2 aliphatic rings. The van der Waals surface area contributed by atoms with Crippen LogP contribution in [0.15, 0.2) is 6.07 Å². The van der Waals surface area contributed by atoms with E-state index in [1.165, 1.54) is 7.11 Å². The standard InChI is InChI=1S/C23H33N3O5/c1-15-13-18(16(2)25(15)12-8-11-20(28)31-4)19(27)14-26-21(29)23(3,24-22(26)30)17-9-6-5-7-10-17/h13,17H,5-12,14H2,1-4H3,(H,24,30)/t23-/m1/s1. The van der Waals surface area contributed by atoms with E-state index < -0.39 is 11.6 Å². The van der Waals surface area contributed by atoms with Crippen molar-refractivity contribution in [2.24, 2.45) is 5.92 Å². The molecule has 1 aliphatic carbocycles. The molecule has 170 valence electrons. The maximum atomic E-state index is 13.1. The average molecular weight is 432 g/mol. The van der Waals surface area contributed by atoms with Crippen LogP contribution in [0.1, 0.15) is 73.6 Å². The topological polar surface area (TPSA) is 97.7 Å². The van der Waals surface area contributed by atoms with Gasteiger partial charge in [0, 0.05) is 29.9 Å². The van der Waals surface area contributed by atoms with Gasteiger partial charge in [0.25, 0.3) is 5.91 Å². The van der Waals surface area contributed by atoms with E-state index in [2.05, 4.69) is 10.1 Å². The maximum absolute atomic E-state index is 13.1. The number of rotatable bonds is 8. The van der Waals surface area contributed by atoms with E-state index in [0.29, 0.717) is 24.9 Å². The number of ketones is 1. The Hall–Kier alpha value is -2.64. The zero-order chi connectivity index (χ0) is 22.8. The summed E-state index contributed by atoms with van der Waals surface area (Å²) in [5, 5.41) is 2.87. The van der Waals surface area contributed by atoms with E-state index >= 15 is 0 Å². The van der Waals surface area contributed by atoms with Crippen LogP contribution in [0.25, 0.3) is 0 Å². The molecule has 8 nitrogen and oxygen atoms in total. The summed E-state index contributed by atoms with van der Waals surface area (Å²) in [6.07, 6.45) is 6.01. The molecule has 1 aromatic heterocycles. The number of ether oxygens (including phenoxy) is 1. The highest BCUT2D eigenvalue weighted by molar-refractivity contribution is 6.11. The predicted octanol–water partition coefficient (Wildman–Crippen LogP) is 3.13. The number of aromatic nitrogens is 1. The fraction of sp³-hybridized carbons (Fsp3) is 0.652. The van der Waals surface area contributed by atoms with Gasteiger partial charge in [-0.15, -0.1) is 0 Å². The third-order valence-electron chi connectivity index (χ3n) is 6.89. The summed E-state index contributed by atoms with van der Waals surface area (Å²) in [7, 11) is 1.36. The minimum atomic E-state index is -0.928. The van der Waals surface area contributed by atoms with Gasteiger partial charge in [0.05, 0.1) is 13.7 Å². The molecule has 31 heavy (non-hydrogen) atoms. The highest BCUT2D eigenvalue weighted by atomic mass is 16.5. The molecule has 1 aliphatic heterocycles. The van der Waals surface area contributed by atoms with E-state index in [1.54, 1.807) is 13.0 Å². The zero-order valence-corrected chi connectivity index (χ0v) is 19.0. The van der Waals surface area contributed by atoms with Gasteiger partial charge < -0.3 is 14.6 Å². The summed E-state index contributed by atoms with van der Waals surface area (Å²) in [5.41, 5.74) is 1.25. The van der Waals surface area contributed by atoms with E-state index in [9.17, 15) is 19.2 Å². The summed E-state index contributed by atoms with van der Waals surface area (Å²) in [5.74, 6) is -0.718. The van der Waals surface area contributed by atoms with Crippen LogP contribution in [0.5, 0.6) is 0 Å². The van der Waals surface area contributed by atoms with Crippen molar-refractivity contribution in [1.82, 2.24) is 14.8 Å². The Bertz CT molecular complexity index is 884. The quantitative estimate of drug-likeness (QED) is 0.387. The van der Waals surface area contributed by atoms with E-state index in [4.69, 9.17) is 0 Å². The van der Waals surface area contributed by atoms with Gasteiger partial charge in [-0.2, -0.15) is 0 Å². The minimum absolute atomic E-state index is 0.109. The summed E-state index contributed by atoms with van der Waals surface area (Å²) >= 11 is 0. The van der Waals surface area contributed by atoms with Gasteiger partial charge in [-0.1, -0.05) is 19.3 Å². The molecule has 1 saturated heterocycles. The first kappa shape index (κ1) is 23.0. The molecule has 2 heterocycles. The second kappa shape index (κ2) is 9.24. The summed E-state index contributed by atoms with van der Waals surface area (Å²) < 4.78 is 6.65. The molecule has 1 saturated carbocycles. The van der Waals surface area contributed by atoms with Crippen LogP contribution in [0.2, 0.25) is 0 Å². The smallest absolute Gasteiger partial charge is 0.325 e. The number of urea groups is 1. The Balaban J connectivity index is 1.70. The lowest BCUT2D eigenvalue weighted by Gasteiger charge is -2.34. The number of imide groups is 1. The Morgan fingerprint density at radius 2 is 1.87 bits per heavy atom. The third-order valence-corrected chi connectivity index (χ3v) is 6.89. The summed E-state index contributed by atoms with van der Waals surface area (Å²) in [6.45, 7) is 5.86. The van der Waals surface area contributed by atoms with Gasteiger partial charge in [0.1, 0.15) is 5.54 Å². The van der Waals surface area contributed by atoms with E-state index in [0.717, 1.165) is 48.4 Å². The monoisotopic (exact) mass is 431 g/mol. The molecule has 8 heteroatoms. The summed E-state index contributed by atoms with van der Waals surface area (Å²) in [4.78, 5) is 51.2. The van der Waals surface area contributed by atoms with Crippen molar-refractivity contribution in [2.45, 2.75) is 77.8 Å². The SMILES string of the molecule is COC(=O)CCCn1c(C)cc(C(=O)CN2C(=O)N[C@](C)(C3CCCCC3)C2=O)c1C. The molecule has 0 aromatic carbocycles. The van der Waals surface area contributed by atoms with E-state index in [1.807, 2.05) is 18.4 Å². The van der Waals surface area contributed by atoms with Crippen LogP contribution in [-0.2, 0) is 20.9 Å². The Kier molecular flexibility index (Phi) is 6.86. The van der Waals surface area contributed by atoms with Crippen molar-refractivity contribution in [3.8, 4) is 0 Å². The van der Waals surface area contributed by atoms with Gasteiger partial charge in [0.2, 0.25) is 0 Å². The first-order chi connectivity index (χ1) is 14.7. The molecule has 2 fully saturated rings. The average Bonchev–Trinajstić information content (AvgIpc) is 3.16. The van der Waals surface area contributed by atoms with Crippen molar-refractivity contribution in [3.05, 3.63) is 23.0 Å². The van der Waals surface area contributed by atoms with Gasteiger partial charge in [0.15, 0.2) is 5.78 Å². The molecule has 0 radical (unpaired) electrons. The van der Waals surface area contributed by atoms with Crippen molar-refractivity contribution in [2.75, 3.05) is 13.7 Å². The predicted molar refractivity (Wildman–Crippen MR) is 115 cm³/mol. The Labute approximate surface area is 183 Å². The molecule has 0 spiro atoms. The molecule has 0 bridgehead atoms. The van der Waals surface area contributed by atoms with Crippen LogP contribution >= 0.6 is 0 Å². The molecular formula is C23H33N3O5. The Morgan fingerprint density at radius 3 is 2.52 bits per heavy atom. The summed E-state index contributed by atoms with van der Waals surface area (Å²) in [6, 6.07) is 1.30. The van der Waals surface area contributed by atoms with Crippen molar-refractivity contribution < 1.29 is 23.9 Å². The fourth-order valence-electron chi connectivity index (χ4n) is 4.96. The lowest BCUT2D eigenvalue weighted by atomic mass is 9.75. The largest absolute Gasteiger partial charge is 0.469 e. The van der Waals surface area contributed by atoms with E-state index in [-0.39, 0.29) is 30.1 Å². The number of hydrogen-bond donors (Lipinski definition) is 1. The van der Waals surface area contributed by atoms with Crippen LogP contribution in [0.4, 0.5) is 4.79 Å². The number of carbonyl (C=O) groups excluding carboxylic acids is 4. The van der Waals surface area contributed by atoms with Gasteiger partial charge >= 0.3 is 12.0 Å². The second-order valence-corrected chi connectivity index (χ2v) is 8.90. The first-order valence-corrected chi connectivity index (χ1v) is 11.1. The number of methoxy groups -OCH3 is 1. The van der Waals surface area contributed by atoms with Crippen LogP contribution in [-0.4, -0.2) is 52.4 Å². The van der Waals surface area contributed by atoms with Crippen molar-refractivity contribution in [1.29, 1.82) is 0 Å². The highest BCUT2D eigenvalue weighted by Gasteiger charge is 2.52. The maximum Gasteiger partial charge on any atom is 0.325 e. The number of carbonyl (C=O) groups is 4. The number of Topliss-reactive ketones (excluding diaryl/α,β-unsaturated/α-hetero) is 1. The number of nitrogens with zero attached hydrogens (tertiary/aromatic N) is 2. The van der Waals surface area contributed by atoms with Crippen LogP contribution < -0.4 is 5.32 Å². The number of hydrogen-bond acceptors (Lipinski definition) is 5. The second-order valence-electron chi connectivity index (χ2n) is 8.90.